The van der Waals surface area contributed by atoms with E-state index in [-0.39, 0.29) is 19.0 Å². The highest BCUT2D eigenvalue weighted by atomic mass is 35.5. The number of anilines is 1. The summed E-state index contributed by atoms with van der Waals surface area (Å²) in [6.07, 6.45) is -1.69. The van der Waals surface area contributed by atoms with Crippen LogP contribution < -0.4 is 4.90 Å². The van der Waals surface area contributed by atoms with Gasteiger partial charge in [0.25, 0.3) is 0 Å². The summed E-state index contributed by atoms with van der Waals surface area (Å²) in [6, 6.07) is 1.71. The Bertz CT molecular complexity index is 807. The SMILES string of the molecule is CC1(O)CCN(c2cc(Cl)ncc2C#CC2CCN(C(=O)C(F)(F)F)C2)CC1. The number of hydrogen-bond donors (Lipinski definition) is 1. The highest BCUT2D eigenvalue weighted by molar-refractivity contribution is 6.29. The van der Waals surface area contributed by atoms with Crippen molar-refractivity contribution >= 4 is 23.2 Å². The molecule has 5 nitrogen and oxygen atoms in total. The number of aliphatic hydroxyl groups is 1. The third-order valence-corrected chi connectivity index (χ3v) is 5.37. The van der Waals surface area contributed by atoms with Crippen molar-refractivity contribution in [1.29, 1.82) is 0 Å². The first kappa shape index (κ1) is 20.7. The number of aromatic nitrogens is 1. The Morgan fingerprint density at radius 3 is 2.68 bits per heavy atom. The zero-order valence-corrected chi connectivity index (χ0v) is 16.1. The summed E-state index contributed by atoms with van der Waals surface area (Å²) < 4.78 is 37.7. The summed E-state index contributed by atoms with van der Waals surface area (Å²) in [4.78, 5) is 18.3. The van der Waals surface area contributed by atoms with Gasteiger partial charge in [0, 0.05) is 44.4 Å². The van der Waals surface area contributed by atoms with Crippen LogP contribution in [0.4, 0.5) is 18.9 Å². The fourth-order valence-electron chi connectivity index (χ4n) is 3.43. The van der Waals surface area contributed by atoms with E-state index in [1.807, 2.05) is 0 Å². The van der Waals surface area contributed by atoms with Gasteiger partial charge in [0.05, 0.1) is 16.9 Å². The summed E-state index contributed by atoms with van der Waals surface area (Å²) in [5.41, 5.74) is 0.730. The van der Waals surface area contributed by atoms with Gasteiger partial charge < -0.3 is 14.9 Å². The minimum atomic E-state index is -4.86. The number of pyridine rings is 1. The summed E-state index contributed by atoms with van der Waals surface area (Å²) in [5, 5.41) is 10.5. The molecule has 1 amide bonds. The van der Waals surface area contributed by atoms with Gasteiger partial charge in [0.15, 0.2) is 0 Å². The van der Waals surface area contributed by atoms with E-state index in [1.54, 1.807) is 19.2 Å². The lowest BCUT2D eigenvalue weighted by Gasteiger charge is -2.37. The van der Waals surface area contributed by atoms with Crippen LogP contribution in [-0.2, 0) is 4.79 Å². The zero-order valence-electron chi connectivity index (χ0n) is 15.4. The first-order chi connectivity index (χ1) is 13.0. The van der Waals surface area contributed by atoms with Crippen molar-refractivity contribution in [1.82, 2.24) is 9.88 Å². The van der Waals surface area contributed by atoms with Crippen molar-refractivity contribution in [2.45, 2.75) is 38.0 Å². The van der Waals surface area contributed by atoms with E-state index in [0.29, 0.717) is 43.1 Å². The van der Waals surface area contributed by atoms with E-state index in [1.165, 1.54) is 0 Å². The molecule has 1 aromatic rings. The number of halogens is 4. The third kappa shape index (κ3) is 4.89. The zero-order chi connectivity index (χ0) is 20.5. The van der Waals surface area contributed by atoms with Gasteiger partial charge in [-0.2, -0.15) is 13.2 Å². The summed E-state index contributed by atoms with van der Waals surface area (Å²) in [7, 11) is 0. The van der Waals surface area contributed by atoms with Crippen molar-refractivity contribution in [3.63, 3.8) is 0 Å². The molecule has 1 atom stereocenters. The van der Waals surface area contributed by atoms with Crippen LogP contribution in [-0.4, -0.2) is 58.9 Å². The van der Waals surface area contributed by atoms with E-state index >= 15 is 0 Å². The number of alkyl halides is 3. The number of carbonyl (C=O) groups excluding carboxylic acids is 1. The molecule has 152 valence electrons. The lowest BCUT2D eigenvalue weighted by atomic mass is 9.93. The predicted molar refractivity (Wildman–Crippen MR) is 98.9 cm³/mol. The van der Waals surface area contributed by atoms with E-state index in [4.69, 9.17) is 11.6 Å². The molecule has 2 aliphatic rings. The number of likely N-dealkylation sites (tertiary alicyclic amines) is 1. The standard InChI is InChI=1S/C19H21ClF3N3O2/c1-18(28)5-8-25(9-6-18)15-10-16(20)24-11-14(15)3-2-13-4-7-26(12-13)17(27)19(21,22)23/h10-11,13,28H,4-9,12H2,1H3. The fourth-order valence-corrected chi connectivity index (χ4v) is 3.58. The molecular formula is C19H21ClF3N3O2. The molecule has 3 heterocycles. The van der Waals surface area contributed by atoms with Crippen molar-refractivity contribution in [2.24, 2.45) is 5.92 Å². The lowest BCUT2D eigenvalue weighted by Crippen LogP contribution is -2.42. The maximum atomic E-state index is 12.6. The molecule has 1 aromatic heterocycles. The maximum absolute atomic E-state index is 12.6. The molecule has 3 rings (SSSR count). The lowest BCUT2D eigenvalue weighted by molar-refractivity contribution is -0.184. The smallest absolute Gasteiger partial charge is 0.390 e. The summed E-state index contributed by atoms with van der Waals surface area (Å²) in [5.74, 6) is 3.85. The number of hydrogen-bond acceptors (Lipinski definition) is 4. The van der Waals surface area contributed by atoms with E-state index in [0.717, 1.165) is 10.6 Å². The van der Waals surface area contributed by atoms with Crippen molar-refractivity contribution in [3.05, 3.63) is 23.0 Å². The normalized spacial score (nSPS) is 22.0. The average Bonchev–Trinajstić information content (AvgIpc) is 3.08. The molecule has 0 bridgehead atoms. The maximum Gasteiger partial charge on any atom is 0.471 e. The minimum Gasteiger partial charge on any atom is -0.390 e. The number of carbonyl (C=O) groups is 1. The highest BCUT2D eigenvalue weighted by Gasteiger charge is 2.44. The Hall–Kier alpha value is -1.98. The highest BCUT2D eigenvalue weighted by Crippen LogP contribution is 2.30. The molecule has 2 saturated heterocycles. The second-order valence-electron chi connectivity index (χ2n) is 7.51. The number of rotatable bonds is 1. The molecular weight excluding hydrogens is 395 g/mol. The molecule has 0 radical (unpaired) electrons. The Balaban J connectivity index is 1.73. The molecule has 1 N–H and O–H groups in total. The average molecular weight is 416 g/mol. The van der Waals surface area contributed by atoms with Gasteiger partial charge in [-0.15, -0.1) is 0 Å². The second-order valence-corrected chi connectivity index (χ2v) is 7.90. The van der Waals surface area contributed by atoms with Crippen molar-refractivity contribution in [2.75, 3.05) is 31.1 Å². The number of amides is 1. The Morgan fingerprint density at radius 2 is 2.04 bits per heavy atom. The van der Waals surface area contributed by atoms with E-state index in [2.05, 4.69) is 21.7 Å². The van der Waals surface area contributed by atoms with Crippen LogP contribution >= 0.6 is 11.6 Å². The van der Waals surface area contributed by atoms with Gasteiger partial charge in [-0.3, -0.25) is 4.79 Å². The molecule has 9 heteroatoms. The van der Waals surface area contributed by atoms with Gasteiger partial charge >= 0.3 is 12.1 Å². The van der Waals surface area contributed by atoms with Crippen LogP contribution in [0.3, 0.4) is 0 Å². The molecule has 2 fully saturated rings. The molecule has 0 spiro atoms. The monoisotopic (exact) mass is 415 g/mol. The van der Waals surface area contributed by atoms with Gasteiger partial charge in [-0.1, -0.05) is 23.4 Å². The molecule has 0 aromatic carbocycles. The summed E-state index contributed by atoms with van der Waals surface area (Å²) in [6.45, 7) is 3.09. The molecule has 0 aliphatic carbocycles. The number of piperidine rings is 1. The van der Waals surface area contributed by atoms with Gasteiger partial charge in [-0.25, -0.2) is 4.98 Å². The Labute approximate surface area is 166 Å². The first-order valence-corrected chi connectivity index (χ1v) is 9.43. The van der Waals surface area contributed by atoms with Crippen molar-refractivity contribution in [3.8, 4) is 11.8 Å². The minimum absolute atomic E-state index is 0.0335. The van der Waals surface area contributed by atoms with E-state index in [9.17, 15) is 23.1 Å². The molecule has 28 heavy (non-hydrogen) atoms. The van der Waals surface area contributed by atoms with Gasteiger partial charge in [0.1, 0.15) is 5.15 Å². The second kappa shape index (κ2) is 7.80. The summed E-state index contributed by atoms with van der Waals surface area (Å²) >= 11 is 6.03. The van der Waals surface area contributed by atoms with Gasteiger partial charge in [-0.05, 0) is 26.2 Å². The van der Waals surface area contributed by atoms with Crippen LogP contribution in [0.15, 0.2) is 12.3 Å². The number of nitrogens with zero attached hydrogens (tertiary/aromatic N) is 3. The van der Waals surface area contributed by atoms with Crippen LogP contribution in [0.5, 0.6) is 0 Å². The first-order valence-electron chi connectivity index (χ1n) is 9.06. The Kier molecular flexibility index (Phi) is 5.78. The molecule has 0 saturated carbocycles. The van der Waals surface area contributed by atoms with Gasteiger partial charge in [0.2, 0.25) is 0 Å². The van der Waals surface area contributed by atoms with Crippen LogP contribution in [0, 0.1) is 17.8 Å². The van der Waals surface area contributed by atoms with Crippen LogP contribution in [0.1, 0.15) is 31.7 Å². The topological polar surface area (TPSA) is 56.7 Å². The predicted octanol–water partition coefficient (Wildman–Crippen LogP) is 2.85. The largest absolute Gasteiger partial charge is 0.471 e. The quantitative estimate of drug-likeness (QED) is 0.566. The Morgan fingerprint density at radius 1 is 1.36 bits per heavy atom. The van der Waals surface area contributed by atoms with Crippen LogP contribution in [0.2, 0.25) is 5.15 Å². The van der Waals surface area contributed by atoms with Crippen LogP contribution in [0.25, 0.3) is 0 Å². The molecule has 2 aliphatic heterocycles. The third-order valence-electron chi connectivity index (χ3n) is 5.16. The van der Waals surface area contributed by atoms with Crippen molar-refractivity contribution < 1.29 is 23.1 Å². The van der Waals surface area contributed by atoms with E-state index < -0.39 is 17.7 Å². The fraction of sp³-hybridized carbons (Fsp3) is 0.579. The molecule has 1 unspecified atom stereocenters.